The van der Waals surface area contributed by atoms with Crippen molar-refractivity contribution in [2.45, 2.75) is 23.5 Å². The van der Waals surface area contributed by atoms with Crippen LogP contribution >= 0.6 is 11.8 Å². The van der Waals surface area contributed by atoms with Gasteiger partial charge in [-0.25, -0.2) is 0 Å². The number of aliphatic hydroxyl groups excluding tert-OH is 1. The van der Waals surface area contributed by atoms with Crippen molar-refractivity contribution in [1.29, 1.82) is 0 Å². The third-order valence-corrected chi connectivity index (χ3v) is 3.57. The minimum absolute atomic E-state index is 0.122. The smallest absolute Gasteiger partial charge is 0.252 e. The second-order valence-electron chi connectivity index (χ2n) is 3.78. The van der Waals surface area contributed by atoms with Crippen molar-refractivity contribution in [3.8, 4) is 0 Å². The Morgan fingerprint density at radius 1 is 1.59 bits per heavy atom. The minimum atomic E-state index is -0.122. The molecule has 1 amide bonds. The number of anilines is 1. The number of nitrogens with one attached hydrogen (secondary N) is 1. The van der Waals surface area contributed by atoms with Crippen molar-refractivity contribution in [3.63, 3.8) is 0 Å². The zero-order valence-corrected chi connectivity index (χ0v) is 10.9. The van der Waals surface area contributed by atoms with Gasteiger partial charge in [0.05, 0.1) is 5.56 Å². The molecule has 0 aliphatic carbocycles. The molecule has 0 saturated heterocycles. The van der Waals surface area contributed by atoms with Gasteiger partial charge in [0.2, 0.25) is 0 Å². The van der Waals surface area contributed by atoms with E-state index in [0.717, 1.165) is 4.90 Å². The lowest BCUT2D eigenvalue weighted by Crippen LogP contribution is -2.19. The summed E-state index contributed by atoms with van der Waals surface area (Å²) in [5, 5.41) is 11.7. The Morgan fingerprint density at radius 2 is 2.29 bits per heavy atom. The molecule has 0 aliphatic rings. The van der Waals surface area contributed by atoms with Crippen molar-refractivity contribution >= 4 is 23.4 Å². The lowest BCUT2D eigenvalue weighted by Gasteiger charge is -2.13. The van der Waals surface area contributed by atoms with Crippen LogP contribution in [0, 0.1) is 0 Å². The second-order valence-corrected chi connectivity index (χ2v) is 5.26. The molecule has 0 radical (unpaired) electrons. The molecular weight excluding hydrogens is 236 g/mol. The molecule has 0 spiro atoms. The minimum Gasteiger partial charge on any atom is -0.399 e. The van der Waals surface area contributed by atoms with Crippen LogP contribution in [0.3, 0.4) is 0 Å². The fraction of sp³-hybridized carbons (Fsp3) is 0.417. The first-order valence-electron chi connectivity index (χ1n) is 5.47. The highest BCUT2D eigenvalue weighted by Gasteiger charge is 2.13. The number of hydrogen-bond acceptors (Lipinski definition) is 4. The number of amides is 1. The molecule has 0 heterocycles. The first-order chi connectivity index (χ1) is 8.08. The molecule has 4 nitrogen and oxygen atoms in total. The van der Waals surface area contributed by atoms with Crippen molar-refractivity contribution in [3.05, 3.63) is 23.8 Å². The van der Waals surface area contributed by atoms with Gasteiger partial charge in [-0.3, -0.25) is 4.79 Å². The molecule has 1 unspecified atom stereocenters. The summed E-state index contributed by atoms with van der Waals surface area (Å²) in [7, 11) is 1.60. The molecule has 5 heteroatoms. The van der Waals surface area contributed by atoms with Crippen molar-refractivity contribution < 1.29 is 9.90 Å². The predicted molar refractivity (Wildman–Crippen MR) is 71.3 cm³/mol. The summed E-state index contributed by atoms with van der Waals surface area (Å²) in [6, 6.07) is 5.23. The van der Waals surface area contributed by atoms with E-state index in [4.69, 9.17) is 10.8 Å². The van der Waals surface area contributed by atoms with E-state index < -0.39 is 0 Å². The van der Waals surface area contributed by atoms with Crippen LogP contribution in [0.5, 0.6) is 0 Å². The highest BCUT2D eigenvalue weighted by molar-refractivity contribution is 8.00. The number of carbonyl (C=O) groups excluding carboxylic acids is 1. The number of thioether (sulfide) groups is 1. The number of nitrogen functional groups attached to an aromatic ring is 1. The van der Waals surface area contributed by atoms with Crippen molar-refractivity contribution in [2.24, 2.45) is 0 Å². The summed E-state index contributed by atoms with van der Waals surface area (Å²) in [6.45, 7) is 2.16. The van der Waals surface area contributed by atoms with E-state index in [2.05, 4.69) is 5.32 Å². The SMILES string of the molecule is CNC(=O)c1ccc(N)cc1SC(C)CCO. The van der Waals surface area contributed by atoms with E-state index in [0.29, 0.717) is 17.7 Å². The van der Waals surface area contributed by atoms with Crippen LogP contribution in [0.4, 0.5) is 5.69 Å². The fourth-order valence-electron chi connectivity index (χ4n) is 1.42. The Morgan fingerprint density at radius 3 is 2.88 bits per heavy atom. The van der Waals surface area contributed by atoms with Crippen molar-refractivity contribution in [1.82, 2.24) is 5.32 Å². The fourth-order valence-corrected chi connectivity index (χ4v) is 2.56. The molecule has 0 fully saturated rings. The summed E-state index contributed by atoms with van der Waals surface area (Å²) in [6.07, 6.45) is 0.687. The Labute approximate surface area is 106 Å². The van der Waals surface area contributed by atoms with Gasteiger partial charge in [-0.2, -0.15) is 0 Å². The van der Waals surface area contributed by atoms with E-state index in [1.54, 1.807) is 37.0 Å². The maximum Gasteiger partial charge on any atom is 0.252 e. The molecule has 1 aromatic rings. The Kier molecular flexibility index (Phi) is 5.31. The van der Waals surface area contributed by atoms with Gasteiger partial charge in [-0.05, 0) is 24.6 Å². The molecule has 0 saturated carbocycles. The quantitative estimate of drug-likeness (QED) is 0.550. The number of benzene rings is 1. The predicted octanol–water partition coefficient (Wildman–Crippen LogP) is 1.49. The zero-order valence-electron chi connectivity index (χ0n) is 10.1. The molecule has 4 N–H and O–H groups in total. The average molecular weight is 254 g/mol. The molecule has 17 heavy (non-hydrogen) atoms. The van der Waals surface area contributed by atoms with Gasteiger partial charge in [-0.15, -0.1) is 11.8 Å². The number of nitrogens with two attached hydrogens (primary N) is 1. The third-order valence-electron chi connectivity index (χ3n) is 2.34. The number of aliphatic hydroxyl groups is 1. The molecule has 1 aromatic carbocycles. The Balaban J connectivity index is 2.94. The van der Waals surface area contributed by atoms with Crippen LogP contribution in [-0.2, 0) is 0 Å². The van der Waals surface area contributed by atoms with Crippen LogP contribution in [0.1, 0.15) is 23.7 Å². The molecule has 0 bridgehead atoms. The van der Waals surface area contributed by atoms with Crippen LogP contribution in [0.25, 0.3) is 0 Å². The van der Waals surface area contributed by atoms with E-state index >= 15 is 0 Å². The maximum absolute atomic E-state index is 11.7. The average Bonchev–Trinajstić information content (AvgIpc) is 2.28. The topological polar surface area (TPSA) is 75.4 Å². The summed E-state index contributed by atoms with van der Waals surface area (Å²) in [4.78, 5) is 12.5. The molecule has 1 atom stereocenters. The largest absolute Gasteiger partial charge is 0.399 e. The van der Waals surface area contributed by atoms with Crippen molar-refractivity contribution in [2.75, 3.05) is 19.4 Å². The highest BCUT2D eigenvalue weighted by atomic mass is 32.2. The van der Waals surface area contributed by atoms with E-state index in [1.807, 2.05) is 6.92 Å². The summed E-state index contributed by atoms with van der Waals surface area (Å²) in [5.41, 5.74) is 6.98. The molecular formula is C12H18N2O2S. The highest BCUT2D eigenvalue weighted by Crippen LogP contribution is 2.30. The normalized spacial score (nSPS) is 12.2. The van der Waals surface area contributed by atoms with E-state index in [9.17, 15) is 4.79 Å². The van der Waals surface area contributed by atoms with Crippen LogP contribution in [0.2, 0.25) is 0 Å². The first-order valence-corrected chi connectivity index (χ1v) is 6.35. The van der Waals surface area contributed by atoms with E-state index in [1.165, 1.54) is 0 Å². The van der Waals surface area contributed by atoms with Crippen LogP contribution in [0.15, 0.2) is 23.1 Å². The third kappa shape index (κ3) is 3.94. The second kappa shape index (κ2) is 6.51. The standard InChI is InChI=1S/C12H18N2O2S/c1-8(5-6-15)17-11-7-9(13)3-4-10(11)12(16)14-2/h3-4,7-8,15H,5-6,13H2,1-2H3,(H,14,16). The lowest BCUT2D eigenvalue weighted by molar-refractivity contribution is 0.0960. The first kappa shape index (κ1) is 13.9. The molecule has 1 rings (SSSR count). The summed E-state index contributed by atoms with van der Waals surface area (Å²) in [5.74, 6) is -0.122. The summed E-state index contributed by atoms with van der Waals surface area (Å²) >= 11 is 1.55. The van der Waals surface area contributed by atoms with Crippen LogP contribution in [-0.4, -0.2) is 29.9 Å². The van der Waals surface area contributed by atoms with Gasteiger partial charge in [0, 0.05) is 29.5 Å². The Bertz CT molecular complexity index is 396. The van der Waals surface area contributed by atoms with Gasteiger partial charge in [-0.1, -0.05) is 6.92 Å². The van der Waals surface area contributed by atoms with E-state index in [-0.39, 0.29) is 17.8 Å². The number of hydrogen-bond donors (Lipinski definition) is 3. The monoisotopic (exact) mass is 254 g/mol. The van der Waals surface area contributed by atoms with Gasteiger partial charge >= 0.3 is 0 Å². The zero-order chi connectivity index (χ0) is 12.8. The summed E-state index contributed by atoms with van der Waals surface area (Å²) < 4.78 is 0. The Hall–Kier alpha value is -1.20. The van der Waals surface area contributed by atoms with Gasteiger partial charge in [0.15, 0.2) is 0 Å². The molecule has 0 aromatic heterocycles. The lowest BCUT2D eigenvalue weighted by atomic mass is 10.2. The molecule has 94 valence electrons. The van der Waals surface area contributed by atoms with Crippen LogP contribution < -0.4 is 11.1 Å². The number of carbonyl (C=O) groups is 1. The van der Waals surface area contributed by atoms with Gasteiger partial charge in [0.1, 0.15) is 0 Å². The number of rotatable bonds is 5. The molecule has 0 aliphatic heterocycles. The maximum atomic E-state index is 11.7. The van der Waals surface area contributed by atoms with Gasteiger partial charge in [0.25, 0.3) is 5.91 Å². The van der Waals surface area contributed by atoms with Gasteiger partial charge < -0.3 is 16.2 Å².